The van der Waals surface area contributed by atoms with Crippen molar-refractivity contribution in [2.24, 2.45) is 0 Å². The quantitative estimate of drug-likeness (QED) is 0.611. The second-order valence-corrected chi connectivity index (χ2v) is 6.30. The number of hydrogen-bond acceptors (Lipinski definition) is 3. The van der Waals surface area contributed by atoms with Gasteiger partial charge in [-0.25, -0.2) is 8.78 Å². The van der Waals surface area contributed by atoms with Crippen LogP contribution >= 0.6 is 11.6 Å². The van der Waals surface area contributed by atoms with Crippen molar-refractivity contribution in [2.75, 3.05) is 10.6 Å². The minimum absolute atomic E-state index is 0.158. The molecule has 0 aliphatic heterocycles. The Bertz CT molecular complexity index is 1160. The number of carbonyl (C=O) groups excluding carboxylic acids is 2. The molecular weight excluding hydrogens is 392 g/mol. The molecule has 3 aromatic rings. The summed E-state index contributed by atoms with van der Waals surface area (Å²) in [5, 5.41) is 4.97. The minimum Gasteiger partial charge on any atom is -0.358 e. The lowest BCUT2D eigenvalue weighted by molar-refractivity contribution is -0.115. The van der Waals surface area contributed by atoms with Crippen molar-refractivity contribution in [1.82, 2.24) is 4.98 Å². The molecule has 0 saturated heterocycles. The maximum atomic E-state index is 13.8. The standard InChI is InChI=1S/C19H14ClF2N3O3/c1-2-16(26)24-10-3-4-13(20)15(7-10)25-19(28)12-8-23-17-11(18(12)27)5-9(21)6-14(17)22/h3-8H,2H2,1H3,(H,23,27)(H,24,26)(H,25,28). The molecule has 3 N–H and O–H groups in total. The van der Waals surface area contributed by atoms with Gasteiger partial charge in [0, 0.05) is 24.4 Å². The van der Waals surface area contributed by atoms with Gasteiger partial charge in [0.15, 0.2) is 0 Å². The van der Waals surface area contributed by atoms with Crippen LogP contribution < -0.4 is 16.1 Å². The van der Waals surface area contributed by atoms with Crippen molar-refractivity contribution in [3.8, 4) is 0 Å². The van der Waals surface area contributed by atoms with E-state index in [0.29, 0.717) is 11.8 Å². The highest BCUT2D eigenvalue weighted by Crippen LogP contribution is 2.26. The van der Waals surface area contributed by atoms with Gasteiger partial charge in [-0.15, -0.1) is 0 Å². The van der Waals surface area contributed by atoms with E-state index in [1.54, 1.807) is 13.0 Å². The second kappa shape index (κ2) is 7.77. The summed E-state index contributed by atoms with van der Waals surface area (Å²) < 4.78 is 27.2. The minimum atomic E-state index is -0.943. The number of amides is 2. The number of aromatic amines is 1. The average molecular weight is 406 g/mol. The number of rotatable bonds is 4. The fourth-order valence-corrected chi connectivity index (χ4v) is 2.73. The Labute approximate surface area is 162 Å². The van der Waals surface area contributed by atoms with E-state index in [1.807, 2.05) is 0 Å². The average Bonchev–Trinajstić information content (AvgIpc) is 2.65. The molecule has 0 aliphatic carbocycles. The monoisotopic (exact) mass is 405 g/mol. The molecule has 0 fully saturated rings. The number of pyridine rings is 1. The van der Waals surface area contributed by atoms with Crippen LogP contribution in [-0.4, -0.2) is 16.8 Å². The molecule has 6 nitrogen and oxygen atoms in total. The first-order valence-electron chi connectivity index (χ1n) is 8.21. The number of H-pyrrole nitrogens is 1. The largest absolute Gasteiger partial charge is 0.358 e. The number of anilines is 2. The molecule has 9 heteroatoms. The topological polar surface area (TPSA) is 91.1 Å². The Morgan fingerprint density at radius 1 is 1.14 bits per heavy atom. The highest BCUT2D eigenvalue weighted by molar-refractivity contribution is 6.34. The summed E-state index contributed by atoms with van der Waals surface area (Å²) in [5.41, 5.74) is -0.827. The van der Waals surface area contributed by atoms with E-state index >= 15 is 0 Å². The predicted octanol–water partition coefficient (Wildman–Crippen LogP) is 4.06. The smallest absolute Gasteiger partial charge is 0.261 e. The van der Waals surface area contributed by atoms with Gasteiger partial charge in [0.25, 0.3) is 5.91 Å². The molecule has 1 aromatic heterocycles. The summed E-state index contributed by atoms with van der Waals surface area (Å²) in [7, 11) is 0. The number of nitrogens with one attached hydrogen (secondary N) is 3. The number of fused-ring (bicyclic) bond motifs is 1. The Hall–Kier alpha value is -3.26. The van der Waals surface area contributed by atoms with Crippen LogP contribution in [0.4, 0.5) is 20.2 Å². The summed E-state index contributed by atoms with van der Waals surface area (Å²) in [5.74, 6) is -2.93. The van der Waals surface area contributed by atoms with Crippen LogP contribution in [-0.2, 0) is 4.79 Å². The Balaban J connectivity index is 1.95. The third-order valence-electron chi connectivity index (χ3n) is 3.97. The van der Waals surface area contributed by atoms with Gasteiger partial charge in [-0.05, 0) is 24.3 Å². The summed E-state index contributed by atoms with van der Waals surface area (Å²) in [6, 6.07) is 5.94. The van der Waals surface area contributed by atoms with Gasteiger partial charge in [-0.3, -0.25) is 14.4 Å². The lowest BCUT2D eigenvalue weighted by Gasteiger charge is -2.11. The van der Waals surface area contributed by atoms with Gasteiger partial charge < -0.3 is 15.6 Å². The first-order chi connectivity index (χ1) is 13.3. The van der Waals surface area contributed by atoms with Crippen LogP contribution in [0.2, 0.25) is 5.02 Å². The zero-order chi connectivity index (χ0) is 20.4. The van der Waals surface area contributed by atoms with Gasteiger partial charge in [0.1, 0.15) is 17.2 Å². The number of halogens is 3. The van der Waals surface area contributed by atoms with Gasteiger partial charge in [-0.2, -0.15) is 0 Å². The van der Waals surface area contributed by atoms with Gasteiger partial charge in [0.2, 0.25) is 11.3 Å². The molecule has 1 heterocycles. The number of carbonyl (C=O) groups is 2. The van der Waals surface area contributed by atoms with E-state index in [4.69, 9.17) is 11.6 Å². The molecule has 0 aliphatic rings. The van der Waals surface area contributed by atoms with Crippen LogP contribution in [0, 0.1) is 11.6 Å². The molecule has 28 heavy (non-hydrogen) atoms. The van der Waals surface area contributed by atoms with Crippen molar-refractivity contribution >= 4 is 45.7 Å². The molecule has 2 aromatic carbocycles. The predicted molar refractivity (Wildman–Crippen MR) is 103 cm³/mol. The molecule has 0 unspecified atom stereocenters. The maximum Gasteiger partial charge on any atom is 0.261 e. The van der Waals surface area contributed by atoms with Crippen LogP contribution in [0.3, 0.4) is 0 Å². The normalized spacial score (nSPS) is 10.7. The van der Waals surface area contributed by atoms with Gasteiger partial charge in [-0.1, -0.05) is 18.5 Å². The van der Waals surface area contributed by atoms with Crippen LogP contribution in [0.15, 0.2) is 41.3 Å². The van der Waals surface area contributed by atoms with Crippen molar-refractivity contribution in [3.63, 3.8) is 0 Å². The highest BCUT2D eigenvalue weighted by atomic mass is 35.5. The van der Waals surface area contributed by atoms with Crippen molar-refractivity contribution in [3.05, 3.63) is 69.0 Å². The molecule has 0 atom stereocenters. The Morgan fingerprint density at radius 3 is 2.61 bits per heavy atom. The number of aromatic nitrogens is 1. The first-order valence-corrected chi connectivity index (χ1v) is 8.59. The van der Waals surface area contributed by atoms with Crippen molar-refractivity contribution < 1.29 is 18.4 Å². The third-order valence-corrected chi connectivity index (χ3v) is 4.30. The van der Waals surface area contributed by atoms with Crippen LogP contribution in [0.1, 0.15) is 23.7 Å². The number of hydrogen-bond donors (Lipinski definition) is 3. The Kier molecular flexibility index (Phi) is 5.41. The number of benzene rings is 2. The molecule has 2 amide bonds. The van der Waals surface area contributed by atoms with Gasteiger partial charge >= 0.3 is 0 Å². The zero-order valence-electron chi connectivity index (χ0n) is 14.5. The fraction of sp³-hybridized carbons (Fsp3) is 0.105. The van der Waals surface area contributed by atoms with E-state index in [-0.39, 0.29) is 39.5 Å². The molecule has 0 bridgehead atoms. The van der Waals surface area contributed by atoms with Crippen LogP contribution in [0.5, 0.6) is 0 Å². The third kappa shape index (κ3) is 3.86. The fourth-order valence-electron chi connectivity index (χ4n) is 2.56. The van der Waals surface area contributed by atoms with Crippen LogP contribution in [0.25, 0.3) is 10.9 Å². The molecule has 0 saturated carbocycles. The van der Waals surface area contributed by atoms with E-state index in [1.165, 1.54) is 12.1 Å². The highest BCUT2D eigenvalue weighted by Gasteiger charge is 2.17. The summed E-state index contributed by atoms with van der Waals surface area (Å²) >= 11 is 6.06. The maximum absolute atomic E-state index is 13.8. The van der Waals surface area contributed by atoms with E-state index in [2.05, 4.69) is 15.6 Å². The molecular formula is C19H14ClF2N3O3. The molecule has 3 rings (SSSR count). The summed E-state index contributed by atoms with van der Waals surface area (Å²) in [6.45, 7) is 1.69. The summed E-state index contributed by atoms with van der Waals surface area (Å²) in [6.07, 6.45) is 1.31. The zero-order valence-corrected chi connectivity index (χ0v) is 15.3. The van der Waals surface area contributed by atoms with Crippen molar-refractivity contribution in [1.29, 1.82) is 0 Å². The summed E-state index contributed by atoms with van der Waals surface area (Å²) in [4.78, 5) is 39.0. The van der Waals surface area contributed by atoms with Crippen molar-refractivity contribution in [2.45, 2.75) is 13.3 Å². The lowest BCUT2D eigenvalue weighted by Crippen LogP contribution is -2.22. The molecule has 0 spiro atoms. The SMILES string of the molecule is CCC(=O)Nc1ccc(Cl)c(NC(=O)c2c[nH]c3c(F)cc(F)cc3c2=O)c1. The van der Waals surface area contributed by atoms with E-state index < -0.39 is 23.0 Å². The Morgan fingerprint density at radius 2 is 1.89 bits per heavy atom. The van der Waals surface area contributed by atoms with E-state index in [0.717, 1.165) is 12.3 Å². The second-order valence-electron chi connectivity index (χ2n) is 5.89. The first kappa shape index (κ1) is 19.5. The molecule has 144 valence electrons. The molecule has 0 radical (unpaired) electrons. The van der Waals surface area contributed by atoms with E-state index in [9.17, 15) is 23.2 Å². The van der Waals surface area contributed by atoms with Gasteiger partial charge in [0.05, 0.1) is 21.6 Å². The lowest BCUT2D eigenvalue weighted by atomic mass is 10.1.